The molecule has 1 aromatic carbocycles. The number of nitrogens with zero attached hydrogens (tertiary/aromatic N) is 4. The first-order valence-electron chi connectivity index (χ1n) is 16.2. The summed E-state index contributed by atoms with van der Waals surface area (Å²) in [7, 11) is 1.94. The lowest BCUT2D eigenvalue weighted by atomic mass is 9.62. The minimum absolute atomic E-state index is 0.0125. The molecule has 1 aliphatic heterocycles. The van der Waals surface area contributed by atoms with Gasteiger partial charge in [0.2, 0.25) is 0 Å². The Morgan fingerprint density at radius 1 is 1.11 bits per heavy atom. The summed E-state index contributed by atoms with van der Waals surface area (Å²) in [4.78, 5) is 33.4. The molecule has 242 valence electrons. The van der Waals surface area contributed by atoms with Crippen LogP contribution in [0.5, 0.6) is 0 Å². The summed E-state index contributed by atoms with van der Waals surface area (Å²) in [6.07, 6.45) is 13.9. The molecular formula is C36H43ClN6O3. The van der Waals surface area contributed by atoms with Crippen molar-refractivity contribution in [2.24, 2.45) is 24.3 Å². The van der Waals surface area contributed by atoms with Crippen molar-refractivity contribution in [1.82, 2.24) is 19.7 Å². The van der Waals surface area contributed by atoms with E-state index in [9.17, 15) is 14.7 Å². The van der Waals surface area contributed by atoms with Gasteiger partial charge in [0.05, 0.1) is 34.1 Å². The molecule has 2 aromatic heterocycles. The van der Waals surface area contributed by atoms with Crippen LogP contribution in [-0.2, 0) is 7.05 Å². The molecule has 6 rings (SSSR count). The predicted molar refractivity (Wildman–Crippen MR) is 182 cm³/mol. The third-order valence-corrected chi connectivity index (χ3v) is 10.3. The number of hydrogen-bond acceptors (Lipinski definition) is 6. The fraction of sp³-hybridized carbons (Fsp3) is 0.444. The maximum Gasteiger partial charge on any atom is 0.257 e. The number of likely N-dealkylation sites (tertiary alicyclic amines) is 1. The number of aromatic nitrogens is 3. The molecule has 46 heavy (non-hydrogen) atoms. The van der Waals surface area contributed by atoms with E-state index in [1.54, 1.807) is 36.5 Å². The second-order valence-electron chi connectivity index (χ2n) is 13.5. The van der Waals surface area contributed by atoms with Gasteiger partial charge in [-0.3, -0.25) is 14.3 Å². The van der Waals surface area contributed by atoms with Gasteiger partial charge in [0, 0.05) is 37.6 Å². The normalized spacial score (nSPS) is 24.8. The van der Waals surface area contributed by atoms with Crippen LogP contribution in [0.3, 0.4) is 0 Å². The van der Waals surface area contributed by atoms with Crippen molar-refractivity contribution in [3.63, 3.8) is 0 Å². The maximum atomic E-state index is 14.1. The van der Waals surface area contributed by atoms with Gasteiger partial charge in [-0.25, -0.2) is 4.98 Å². The summed E-state index contributed by atoms with van der Waals surface area (Å²) in [5.41, 5.74) is 3.14. The van der Waals surface area contributed by atoms with Crippen LogP contribution >= 0.6 is 11.6 Å². The third kappa shape index (κ3) is 6.35. The predicted octanol–water partition coefficient (Wildman–Crippen LogP) is 6.58. The number of hydrogen-bond donors (Lipinski definition) is 3. The van der Waals surface area contributed by atoms with E-state index in [0.717, 1.165) is 37.0 Å². The minimum Gasteiger partial charge on any atom is -0.391 e. The van der Waals surface area contributed by atoms with E-state index in [4.69, 9.17) is 11.6 Å². The van der Waals surface area contributed by atoms with Crippen molar-refractivity contribution >= 4 is 40.5 Å². The molecule has 4 atom stereocenters. The molecule has 0 bridgehead atoms. The number of benzene rings is 1. The van der Waals surface area contributed by atoms with E-state index < -0.39 is 6.10 Å². The lowest BCUT2D eigenvalue weighted by Crippen LogP contribution is -2.61. The largest absolute Gasteiger partial charge is 0.391 e. The number of rotatable bonds is 8. The zero-order valence-corrected chi connectivity index (χ0v) is 27.7. The molecule has 2 unspecified atom stereocenters. The monoisotopic (exact) mass is 642 g/mol. The van der Waals surface area contributed by atoms with Gasteiger partial charge in [-0.2, -0.15) is 5.10 Å². The fourth-order valence-corrected chi connectivity index (χ4v) is 7.35. The van der Waals surface area contributed by atoms with Crippen LogP contribution in [0.25, 0.3) is 5.57 Å². The quantitative estimate of drug-likeness (QED) is 0.256. The van der Waals surface area contributed by atoms with E-state index in [1.165, 1.54) is 6.20 Å². The molecule has 1 saturated heterocycles. The van der Waals surface area contributed by atoms with E-state index in [2.05, 4.69) is 45.9 Å². The highest BCUT2D eigenvalue weighted by Crippen LogP contribution is 2.48. The molecule has 10 heteroatoms. The van der Waals surface area contributed by atoms with Crippen LogP contribution in [0.2, 0.25) is 5.02 Å². The van der Waals surface area contributed by atoms with Crippen molar-refractivity contribution < 1.29 is 14.7 Å². The highest BCUT2D eigenvalue weighted by molar-refractivity contribution is 6.34. The lowest BCUT2D eigenvalue weighted by Gasteiger charge is -2.53. The zero-order chi connectivity index (χ0) is 32.6. The summed E-state index contributed by atoms with van der Waals surface area (Å²) in [5, 5.41) is 22.7. The molecule has 9 nitrogen and oxygen atoms in total. The van der Waals surface area contributed by atoms with E-state index >= 15 is 0 Å². The topological polar surface area (TPSA) is 112 Å². The molecule has 3 aromatic rings. The summed E-state index contributed by atoms with van der Waals surface area (Å²) in [5.74, 6) is 0.427. The number of anilines is 2. The van der Waals surface area contributed by atoms with Crippen molar-refractivity contribution in [3.05, 3.63) is 88.9 Å². The number of amides is 2. The van der Waals surface area contributed by atoms with E-state index in [0.29, 0.717) is 40.6 Å². The van der Waals surface area contributed by atoms with Crippen LogP contribution in [0.15, 0.2) is 67.0 Å². The molecule has 2 amide bonds. The van der Waals surface area contributed by atoms with Crippen LogP contribution in [0, 0.1) is 17.3 Å². The Morgan fingerprint density at radius 2 is 1.89 bits per heavy atom. The SMILES string of the molecule is CC(C)Nc1ccc(C(=O)Nc2cc(C(=O)N3CC[C@H](C4(C)C=CC(c5ccnn5C)=CC4)[C@@H](O)C3C3CCC3)ccc2Cl)cn1. The van der Waals surface area contributed by atoms with Crippen LogP contribution < -0.4 is 10.6 Å². The summed E-state index contributed by atoms with van der Waals surface area (Å²) >= 11 is 6.49. The standard InChI is InChI=1S/C36H43ClN6O3/c1-22(2)40-31-11-9-26(21-38-31)34(45)41-29-20-25(8-10-28(29)37)35(46)43-19-15-27(33(44)32(43)24-6-5-7-24)36(3)16-12-23(13-17-36)30-14-18-39-42(30)4/h8-14,16,18,20-22,24,27,32-33,44H,5-7,15,17,19H2,1-4H3,(H,38,40)(H,41,45)/t27-,32?,33+,36?/m0/s1. The number of allylic oxidation sites excluding steroid dienone is 4. The number of aliphatic hydroxyl groups excluding tert-OH is 1. The van der Waals surface area contributed by atoms with E-state index in [-0.39, 0.29) is 41.1 Å². The second kappa shape index (κ2) is 13.0. The average molecular weight is 643 g/mol. The number of aliphatic hydroxyl groups is 1. The van der Waals surface area contributed by atoms with Crippen LogP contribution in [0.4, 0.5) is 11.5 Å². The molecule has 2 fully saturated rings. The Kier molecular flexibility index (Phi) is 9.08. The molecular weight excluding hydrogens is 600 g/mol. The summed E-state index contributed by atoms with van der Waals surface area (Å²) in [6, 6.07) is 10.4. The Hall–Kier alpha value is -3.95. The molecule has 0 radical (unpaired) electrons. The van der Waals surface area contributed by atoms with Crippen molar-refractivity contribution in [2.75, 3.05) is 17.2 Å². The fourth-order valence-electron chi connectivity index (χ4n) is 7.18. The summed E-state index contributed by atoms with van der Waals surface area (Å²) in [6.45, 7) is 6.81. The van der Waals surface area contributed by atoms with Crippen molar-refractivity contribution in [1.29, 1.82) is 0 Å². The highest BCUT2D eigenvalue weighted by atomic mass is 35.5. The first kappa shape index (κ1) is 32.0. The summed E-state index contributed by atoms with van der Waals surface area (Å²) < 4.78 is 1.87. The Bertz CT molecular complexity index is 1660. The van der Waals surface area contributed by atoms with Gasteiger partial charge in [0.25, 0.3) is 11.8 Å². The van der Waals surface area contributed by atoms with Gasteiger partial charge >= 0.3 is 0 Å². The molecule has 3 heterocycles. The van der Waals surface area contributed by atoms with Gasteiger partial charge in [0.1, 0.15) is 5.82 Å². The minimum atomic E-state index is -0.656. The first-order chi connectivity index (χ1) is 22.0. The van der Waals surface area contributed by atoms with E-state index in [1.807, 2.05) is 36.5 Å². The van der Waals surface area contributed by atoms with Crippen molar-refractivity contribution in [3.8, 4) is 0 Å². The number of piperidine rings is 1. The molecule has 3 aliphatic rings. The van der Waals surface area contributed by atoms with Gasteiger partial charge in [0.15, 0.2) is 0 Å². The second-order valence-corrected chi connectivity index (χ2v) is 13.9. The average Bonchev–Trinajstić information content (AvgIpc) is 3.44. The van der Waals surface area contributed by atoms with Gasteiger partial charge < -0.3 is 20.6 Å². The highest BCUT2D eigenvalue weighted by Gasteiger charge is 2.50. The maximum absolute atomic E-state index is 14.1. The number of halogens is 1. The van der Waals surface area contributed by atoms with Gasteiger partial charge in [-0.1, -0.05) is 43.2 Å². The smallest absolute Gasteiger partial charge is 0.257 e. The molecule has 3 N–H and O–H groups in total. The molecule has 1 saturated carbocycles. The number of pyridine rings is 1. The van der Waals surface area contributed by atoms with Crippen molar-refractivity contribution in [2.45, 2.75) is 71.1 Å². The van der Waals surface area contributed by atoms with Crippen LogP contribution in [-0.4, -0.2) is 61.3 Å². The molecule has 0 spiro atoms. The Balaban J connectivity index is 1.18. The zero-order valence-electron chi connectivity index (χ0n) is 26.9. The number of carbonyl (C=O) groups is 2. The van der Waals surface area contributed by atoms with Crippen LogP contribution in [0.1, 0.15) is 79.3 Å². The number of carbonyl (C=O) groups excluding carboxylic acids is 2. The third-order valence-electron chi connectivity index (χ3n) is 9.99. The Morgan fingerprint density at radius 3 is 2.50 bits per heavy atom. The van der Waals surface area contributed by atoms with Gasteiger partial charge in [-0.15, -0.1) is 0 Å². The first-order valence-corrected chi connectivity index (χ1v) is 16.6. The Labute approximate surface area is 275 Å². The lowest BCUT2D eigenvalue weighted by molar-refractivity contribution is -0.0819. The molecule has 2 aliphatic carbocycles. The van der Waals surface area contributed by atoms with Gasteiger partial charge in [-0.05, 0) is 98.8 Å². The number of aryl methyl sites for hydroxylation is 1. The number of nitrogens with one attached hydrogen (secondary N) is 2.